The molecule has 142 valence electrons. The van der Waals surface area contributed by atoms with Gasteiger partial charge < -0.3 is 5.32 Å². The van der Waals surface area contributed by atoms with Crippen LogP contribution in [0, 0.1) is 12.8 Å². The second kappa shape index (κ2) is 9.32. The van der Waals surface area contributed by atoms with E-state index in [0.29, 0.717) is 23.2 Å². The van der Waals surface area contributed by atoms with Crippen LogP contribution in [0.5, 0.6) is 0 Å². The summed E-state index contributed by atoms with van der Waals surface area (Å²) in [4.78, 5) is 36.0. The Morgan fingerprint density at radius 2 is 1.48 bits per heavy atom. The molecule has 6 nitrogen and oxygen atoms in total. The van der Waals surface area contributed by atoms with Crippen molar-refractivity contribution in [1.29, 1.82) is 0 Å². The van der Waals surface area contributed by atoms with Crippen LogP contribution in [-0.4, -0.2) is 17.7 Å². The molecule has 0 aliphatic carbocycles. The van der Waals surface area contributed by atoms with Crippen LogP contribution < -0.4 is 16.2 Å². The van der Waals surface area contributed by atoms with Gasteiger partial charge in [-0.05, 0) is 54.8 Å². The fourth-order valence-electron chi connectivity index (χ4n) is 2.28. The molecule has 0 heterocycles. The molecule has 0 fully saturated rings. The Hall–Kier alpha value is -2.67. The summed E-state index contributed by atoms with van der Waals surface area (Å²) in [5, 5.41) is 2.78. The van der Waals surface area contributed by atoms with E-state index in [1.165, 1.54) is 0 Å². The Labute approximate surface area is 166 Å². The summed E-state index contributed by atoms with van der Waals surface area (Å²) >= 11 is 3.37. The van der Waals surface area contributed by atoms with Crippen molar-refractivity contribution < 1.29 is 14.4 Å². The molecule has 3 amide bonds. The predicted octanol–water partition coefficient (Wildman–Crippen LogP) is 3.82. The smallest absolute Gasteiger partial charge is 0.269 e. The summed E-state index contributed by atoms with van der Waals surface area (Å²) < 4.78 is 0.816. The minimum atomic E-state index is -0.449. The lowest BCUT2D eigenvalue weighted by atomic mass is 10.1. The van der Waals surface area contributed by atoms with E-state index in [4.69, 9.17) is 0 Å². The highest BCUT2D eigenvalue weighted by atomic mass is 79.9. The monoisotopic (exact) mass is 431 g/mol. The summed E-state index contributed by atoms with van der Waals surface area (Å²) in [5.74, 6) is -0.664. The van der Waals surface area contributed by atoms with Crippen molar-refractivity contribution in [3.05, 3.63) is 63.6 Å². The Kier molecular flexibility index (Phi) is 7.12. The third-order valence-corrected chi connectivity index (χ3v) is 4.60. The Balaban J connectivity index is 1.91. The third kappa shape index (κ3) is 6.21. The normalized spacial score (nSPS) is 10.4. The molecule has 27 heavy (non-hydrogen) atoms. The van der Waals surface area contributed by atoms with Gasteiger partial charge in [-0.15, -0.1) is 0 Å². The molecular formula is C20H22BrN3O3. The SMILES string of the molecule is Cc1ccc(C(=O)NNC(=O)c2ccc(NC(=O)CC(C)C)cc2)cc1Br. The molecule has 0 unspecified atom stereocenters. The van der Waals surface area contributed by atoms with Gasteiger partial charge in [-0.1, -0.05) is 35.8 Å². The number of hydrogen-bond donors (Lipinski definition) is 3. The van der Waals surface area contributed by atoms with E-state index in [1.54, 1.807) is 36.4 Å². The van der Waals surface area contributed by atoms with E-state index in [0.717, 1.165) is 10.0 Å². The molecule has 2 aromatic rings. The second-order valence-corrected chi connectivity index (χ2v) is 7.45. The van der Waals surface area contributed by atoms with Gasteiger partial charge in [-0.3, -0.25) is 25.2 Å². The van der Waals surface area contributed by atoms with Crippen molar-refractivity contribution in [3.8, 4) is 0 Å². The zero-order valence-electron chi connectivity index (χ0n) is 15.4. The van der Waals surface area contributed by atoms with Gasteiger partial charge in [-0.2, -0.15) is 0 Å². The van der Waals surface area contributed by atoms with Crippen LogP contribution in [-0.2, 0) is 4.79 Å². The molecule has 0 saturated carbocycles. The molecule has 0 aromatic heterocycles. The highest BCUT2D eigenvalue weighted by Crippen LogP contribution is 2.17. The number of carbonyl (C=O) groups is 3. The predicted molar refractivity (Wildman–Crippen MR) is 108 cm³/mol. The first-order valence-corrected chi connectivity index (χ1v) is 9.32. The average Bonchev–Trinajstić information content (AvgIpc) is 2.61. The van der Waals surface area contributed by atoms with E-state index >= 15 is 0 Å². The summed E-state index contributed by atoms with van der Waals surface area (Å²) in [5.41, 5.74) is 7.18. The minimum Gasteiger partial charge on any atom is -0.326 e. The lowest BCUT2D eigenvalue weighted by Crippen LogP contribution is -2.41. The fraction of sp³-hybridized carbons (Fsp3) is 0.250. The lowest BCUT2D eigenvalue weighted by Gasteiger charge is -2.10. The van der Waals surface area contributed by atoms with Gasteiger partial charge in [0.2, 0.25) is 5.91 Å². The lowest BCUT2D eigenvalue weighted by molar-refractivity contribution is -0.116. The van der Waals surface area contributed by atoms with Crippen LogP contribution in [0.1, 0.15) is 46.5 Å². The first kappa shape index (κ1) is 20.6. The highest BCUT2D eigenvalue weighted by Gasteiger charge is 2.11. The maximum atomic E-state index is 12.2. The van der Waals surface area contributed by atoms with Gasteiger partial charge in [0.15, 0.2) is 0 Å². The van der Waals surface area contributed by atoms with Crippen LogP contribution in [0.3, 0.4) is 0 Å². The molecule has 0 aliphatic rings. The van der Waals surface area contributed by atoms with Crippen molar-refractivity contribution in [3.63, 3.8) is 0 Å². The first-order chi connectivity index (χ1) is 12.8. The standard InChI is InChI=1S/C20H22BrN3O3/c1-12(2)10-18(25)22-16-8-6-14(7-9-16)19(26)23-24-20(27)15-5-4-13(3)17(21)11-15/h4-9,11-12H,10H2,1-3H3,(H,22,25)(H,23,26)(H,24,27). The van der Waals surface area contributed by atoms with Gasteiger partial charge in [0.1, 0.15) is 0 Å². The van der Waals surface area contributed by atoms with Gasteiger partial charge in [0, 0.05) is 27.7 Å². The molecule has 3 N–H and O–H groups in total. The molecule has 2 aromatic carbocycles. The van der Waals surface area contributed by atoms with Crippen molar-refractivity contribution in [2.75, 3.05) is 5.32 Å². The summed E-state index contributed by atoms with van der Waals surface area (Å²) in [6.45, 7) is 5.86. The Morgan fingerprint density at radius 1 is 0.926 bits per heavy atom. The van der Waals surface area contributed by atoms with Crippen molar-refractivity contribution in [1.82, 2.24) is 10.9 Å². The number of amides is 3. The number of carbonyl (C=O) groups excluding carboxylic acids is 3. The molecule has 2 rings (SSSR count). The summed E-state index contributed by atoms with van der Waals surface area (Å²) in [6, 6.07) is 11.6. The Morgan fingerprint density at radius 3 is 2.04 bits per heavy atom. The van der Waals surface area contributed by atoms with Crippen LogP contribution in [0.2, 0.25) is 0 Å². The molecule has 0 spiro atoms. The first-order valence-electron chi connectivity index (χ1n) is 8.53. The Bertz CT molecular complexity index is 848. The minimum absolute atomic E-state index is 0.0706. The van der Waals surface area contributed by atoms with E-state index in [9.17, 15) is 14.4 Å². The van der Waals surface area contributed by atoms with E-state index in [1.807, 2.05) is 26.8 Å². The van der Waals surface area contributed by atoms with Crippen molar-refractivity contribution in [2.45, 2.75) is 27.2 Å². The quantitative estimate of drug-likeness (QED) is 0.628. The molecule has 0 bridgehead atoms. The topological polar surface area (TPSA) is 87.3 Å². The number of anilines is 1. The van der Waals surface area contributed by atoms with E-state index < -0.39 is 11.8 Å². The van der Waals surface area contributed by atoms with Gasteiger partial charge in [0.25, 0.3) is 11.8 Å². The van der Waals surface area contributed by atoms with Gasteiger partial charge in [0.05, 0.1) is 0 Å². The number of aryl methyl sites for hydroxylation is 1. The van der Waals surface area contributed by atoms with E-state index in [2.05, 4.69) is 32.1 Å². The second-order valence-electron chi connectivity index (χ2n) is 6.60. The molecule has 7 heteroatoms. The van der Waals surface area contributed by atoms with Crippen LogP contribution >= 0.6 is 15.9 Å². The van der Waals surface area contributed by atoms with Gasteiger partial charge >= 0.3 is 0 Å². The number of hydrazine groups is 1. The summed E-state index contributed by atoms with van der Waals surface area (Å²) in [6.07, 6.45) is 0.434. The number of nitrogens with one attached hydrogen (secondary N) is 3. The zero-order valence-corrected chi connectivity index (χ0v) is 17.0. The molecule has 0 saturated heterocycles. The van der Waals surface area contributed by atoms with Crippen LogP contribution in [0.25, 0.3) is 0 Å². The fourth-order valence-corrected chi connectivity index (χ4v) is 2.66. The number of halogens is 1. The number of rotatable bonds is 5. The van der Waals surface area contributed by atoms with Crippen LogP contribution in [0.4, 0.5) is 5.69 Å². The van der Waals surface area contributed by atoms with Gasteiger partial charge in [-0.25, -0.2) is 0 Å². The zero-order chi connectivity index (χ0) is 20.0. The van der Waals surface area contributed by atoms with E-state index in [-0.39, 0.29) is 11.8 Å². The molecule has 0 atom stereocenters. The average molecular weight is 432 g/mol. The van der Waals surface area contributed by atoms with Crippen molar-refractivity contribution in [2.24, 2.45) is 5.92 Å². The molecular weight excluding hydrogens is 410 g/mol. The maximum absolute atomic E-state index is 12.2. The molecule has 0 radical (unpaired) electrons. The largest absolute Gasteiger partial charge is 0.326 e. The highest BCUT2D eigenvalue weighted by molar-refractivity contribution is 9.10. The maximum Gasteiger partial charge on any atom is 0.269 e. The molecule has 0 aliphatic heterocycles. The van der Waals surface area contributed by atoms with Crippen LogP contribution in [0.15, 0.2) is 46.9 Å². The number of benzene rings is 2. The van der Waals surface area contributed by atoms with Crippen molar-refractivity contribution >= 4 is 39.3 Å². The third-order valence-electron chi connectivity index (χ3n) is 3.75. The summed E-state index contributed by atoms with van der Waals surface area (Å²) in [7, 11) is 0. The number of hydrogen-bond acceptors (Lipinski definition) is 3.